The highest BCUT2D eigenvalue weighted by atomic mass is 32.2. The number of thioether (sulfide) groups is 1. The van der Waals surface area contributed by atoms with Gasteiger partial charge >= 0.3 is 0 Å². The third kappa shape index (κ3) is 5.15. The molecule has 1 aromatic heterocycles. The standard InChI is InChI=1S/C25H30N4O2S/c1-19-14-16-28(17-15-19)23(30)13-8-18-32-25-27-26-24(20-9-4-3-5-10-20)29(25)21-11-6-7-12-22(21)31-2/h3-7,9-12,19H,8,13-18H2,1-2H3. The number of para-hydroxylation sites is 2. The van der Waals surface area contributed by atoms with Gasteiger partial charge < -0.3 is 9.64 Å². The quantitative estimate of drug-likeness (QED) is 0.354. The molecule has 0 N–H and O–H groups in total. The van der Waals surface area contributed by atoms with Crippen LogP contribution >= 0.6 is 11.8 Å². The van der Waals surface area contributed by atoms with Crippen molar-refractivity contribution >= 4 is 17.7 Å². The van der Waals surface area contributed by atoms with Crippen LogP contribution in [0.15, 0.2) is 59.8 Å². The lowest BCUT2D eigenvalue weighted by molar-refractivity contribution is -0.132. The smallest absolute Gasteiger partial charge is 0.222 e. The van der Waals surface area contributed by atoms with Gasteiger partial charge in [-0.25, -0.2) is 0 Å². The first-order valence-electron chi connectivity index (χ1n) is 11.2. The van der Waals surface area contributed by atoms with E-state index in [1.807, 2.05) is 64.1 Å². The van der Waals surface area contributed by atoms with Crippen LogP contribution in [-0.4, -0.2) is 51.5 Å². The summed E-state index contributed by atoms with van der Waals surface area (Å²) in [5.41, 5.74) is 1.90. The average molecular weight is 451 g/mol. The number of amides is 1. The van der Waals surface area contributed by atoms with Gasteiger partial charge in [0.05, 0.1) is 12.8 Å². The van der Waals surface area contributed by atoms with Crippen LogP contribution in [0.3, 0.4) is 0 Å². The minimum absolute atomic E-state index is 0.272. The van der Waals surface area contributed by atoms with E-state index in [9.17, 15) is 4.79 Å². The van der Waals surface area contributed by atoms with Gasteiger partial charge in [-0.2, -0.15) is 0 Å². The Morgan fingerprint density at radius 1 is 1.06 bits per heavy atom. The molecule has 4 rings (SSSR count). The first-order valence-corrected chi connectivity index (χ1v) is 12.2. The minimum Gasteiger partial charge on any atom is -0.495 e. The number of carbonyl (C=O) groups is 1. The number of benzene rings is 2. The van der Waals surface area contributed by atoms with E-state index in [1.165, 1.54) is 0 Å². The second-order valence-electron chi connectivity index (χ2n) is 8.19. The predicted octanol–water partition coefficient (Wildman–Crippen LogP) is 5.07. The van der Waals surface area contributed by atoms with Gasteiger partial charge in [-0.05, 0) is 37.3 Å². The molecule has 168 valence electrons. The summed E-state index contributed by atoms with van der Waals surface area (Å²) < 4.78 is 7.66. The molecule has 1 saturated heterocycles. The van der Waals surface area contributed by atoms with Crippen LogP contribution in [0.1, 0.15) is 32.6 Å². The Morgan fingerprint density at radius 3 is 2.53 bits per heavy atom. The van der Waals surface area contributed by atoms with Crippen LogP contribution < -0.4 is 4.74 Å². The van der Waals surface area contributed by atoms with E-state index in [-0.39, 0.29) is 5.91 Å². The van der Waals surface area contributed by atoms with Gasteiger partial charge in [0.15, 0.2) is 11.0 Å². The van der Waals surface area contributed by atoms with Gasteiger partial charge in [-0.15, -0.1) is 10.2 Å². The SMILES string of the molecule is COc1ccccc1-n1c(SCCCC(=O)N2CCC(C)CC2)nnc1-c1ccccc1. The van der Waals surface area contributed by atoms with E-state index in [2.05, 4.69) is 17.1 Å². The zero-order chi connectivity index (χ0) is 22.3. The Hall–Kier alpha value is -2.80. The molecule has 0 unspecified atom stereocenters. The molecule has 0 radical (unpaired) electrons. The van der Waals surface area contributed by atoms with Crippen LogP contribution in [0.25, 0.3) is 17.1 Å². The fourth-order valence-corrected chi connectivity index (χ4v) is 4.86. The molecule has 2 aromatic carbocycles. The van der Waals surface area contributed by atoms with E-state index >= 15 is 0 Å². The molecule has 2 heterocycles. The van der Waals surface area contributed by atoms with E-state index in [4.69, 9.17) is 4.74 Å². The van der Waals surface area contributed by atoms with Crippen molar-refractivity contribution in [2.24, 2.45) is 5.92 Å². The highest BCUT2D eigenvalue weighted by Crippen LogP contribution is 2.32. The largest absolute Gasteiger partial charge is 0.495 e. The molecule has 0 spiro atoms. The molecular weight excluding hydrogens is 420 g/mol. The van der Waals surface area contributed by atoms with Crippen LogP contribution in [-0.2, 0) is 4.79 Å². The van der Waals surface area contributed by atoms with Gasteiger partial charge in [-0.1, -0.05) is 61.2 Å². The summed E-state index contributed by atoms with van der Waals surface area (Å²) >= 11 is 1.63. The van der Waals surface area contributed by atoms with Crippen molar-refractivity contribution in [2.45, 2.75) is 37.8 Å². The normalized spacial score (nSPS) is 14.5. The number of aromatic nitrogens is 3. The number of likely N-dealkylation sites (tertiary alicyclic amines) is 1. The molecular formula is C25H30N4O2S. The molecule has 3 aromatic rings. The Morgan fingerprint density at radius 2 is 1.78 bits per heavy atom. The van der Waals surface area contributed by atoms with Crippen molar-refractivity contribution in [2.75, 3.05) is 26.0 Å². The maximum absolute atomic E-state index is 12.5. The van der Waals surface area contributed by atoms with Crippen LogP contribution in [0.2, 0.25) is 0 Å². The minimum atomic E-state index is 0.272. The number of rotatable bonds is 8. The zero-order valence-electron chi connectivity index (χ0n) is 18.7. The van der Waals surface area contributed by atoms with Crippen LogP contribution in [0.4, 0.5) is 0 Å². The molecule has 1 aliphatic heterocycles. The molecule has 0 atom stereocenters. The van der Waals surface area contributed by atoms with E-state index in [1.54, 1.807) is 18.9 Å². The highest BCUT2D eigenvalue weighted by Gasteiger charge is 2.21. The van der Waals surface area contributed by atoms with Gasteiger partial charge in [0.2, 0.25) is 5.91 Å². The third-order valence-electron chi connectivity index (χ3n) is 5.89. The molecule has 1 fully saturated rings. The molecule has 0 saturated carbocycles. The number of hydrogen-bond donors (Lipinski definition) is 0. The summed E-state index contributed by atoms with van der Waals surface area (Å²) in [6.45, 7) is 4.06. The summed E-state index contributed by atoms with van der Waals surface area (Å²) in [5, 5.41) is 9.78. The highest BCUT2D eigenvalue weighted by molar-refractivity contribution is 7.99. The predicted molar refractivity (Wildman–Crippen MR) is 128 cm³/mol. The lowest BCUT2D eigenvalue weighted by Crippen LogP contribution is -2.37. The monoisotopic (exact) mass is 450 g/mol. The summed E-state index contributed by atoms with van der Waals surface area (Å²) in [5.74, 6) is 3.35. The summed E-state index contributed by atoms with van der Waals surface area (Å²) in [4.78, 5) is 14.6. The van der Waals surface area contributed by atoms with Crippen LogP contribution in [0, 0.1) is 5.92 Å². The zero-order valence-corrected chi connectivity index (χ0v) is 19.6. The van der Waals surface area contributed by atoms with Crippen molar-refractivity contribution < 1.29 is 9.53 Å². The molecule has 7 heteroatoms. The molecule has 32 heavy (non-hydrogen) atoms. The van der Waals surface area contributed by atoms with Crippen molar-refractivity contribution in [1.82, 2.24) is 19.7 Å². The number of hydrogen-bond acceptors (Lipinski definition) is 5. The first kappa shape index (κ1) is 22.4. The van der Waals surface area contributed by atoms with Crippen molar-refractivity contribution in [1.29, 1.82) is 0 Å². The maximum Gasteiger partial charge on any atom is 0.222 e. The van der Waals surface area contributed by atoms with Crippen molar-refractivity contribution in [3.05, 3.63) is 54.6 Å². The van der Waals surface area contributed by atoms with E-state index < -0.39 is 0 Å². The van der Waals surface area contributed by atoms with E-state index in [0.29, 0.717) is 6.42 Å². The Balaban J connectivity index is 1.48. The summed E-state index contributed by atoms with van der Waals surface area (Å²) in [7, 11) is 1.67. The molecule has 6 nitrogen and oxygen atoms in total. The second kappa shape index (κ2) is 10.7. The lowest BCUT2D eigenvalue weighted by atomic mass is 9.99. The molecule has 0 aliphatic carbocycles. The molecule has 0 bridgehead atoms. The van der Waals surface area contributed by atoms with Crippen molar-refractivity contribution in [3.63, 3.8) is 0 Å². The Kier molecular flexibility index (Phi) is 7.47. The summed E-state index contributed by atoms with van der Waals surface area (Å²) in [6.07, 6.45) is 3.63. The van der Waals surface area contributed by atoms with Crippen LogP contribution in [0.5, 0.6) is 5.75 Å². The number of ether oxygens (including phenoxy) is 1. The summed E-state index contributed by atoms with van der Waals surface area (Å²) in [6, 6.07) is 17.9. The average Bonchev–Trinajstić information content (AvgIpc) is 3.26. The number of methoxy groups -OCH3 is 1. The number of nitrogens with zero attached hydrogens (tertiary/aromatic N) is 4. The fraction of sp³-hybridized carbons (Fsp3) is 0.400. The third-order valence-corrected chi connectivity index (χ3v) is 6.91. The van der Waals surface area contributed by atoms with E-state index in [0.717, 1.165) is 72.0 Å². The topological polar surface area (TPSA) is 60.2 Å². The Labute approximate surface area is 194 Å². The molecule has 1 amide bonds. The first-order chi connectivity index (χ1) is 15.7. The van der Waals surface area contributed by atoms with Gasteiger partial charge in [-0.3, -0.25) is 9.36 Å². The second-order valence-corrected chi connectivity index (χ2v) is 9.26. The van der Waals surface area contributed by atoms with Gasteiger partial charge in [0.1, 0.15) is 5.75 Å². The van der Waals surface area contributed by atoms with Crippen molar-refractivity contribution in [3.8, 4) is 22.8 Å². The molecule has 1 aliphatic rings. The maximum atomic E-state index is 12.5. The lowest BCUT2D eigenvalue weighted by Gasteiger charge is -2.30. The Bertz CT molecular complexity index is 1030. The number of carbonyl (C=O) groups excluding carboxylic acids is 1. The van der Waals surface area contributed by atoms with Gasteiger partial charge in [0, 0.05) is 30.8 Å². The number of piperidine rings is 1. The fourth-order valence-electron chi connectivity index (χ4n) is 3.97. The van der Waals surface area contributed by atoms with Gasteiger partial charge in [0.25, 0.3) is 0 Å².